The lowest BCUT2D eigenvalue weighted by molar-refractivity contribution is 0.0531. The van der Waals surface area contributed by atoms with E-state index in [1.54, 1.807) is 32.0 Å². The number of nitrogens with one attached hydrogen (secondary N) is 1. The summed E-state index contributed by atoms with van der Waals surface area (Å²) >= 11 is 7.09. The minimum atomic E-state index is -0.447. The van der Waals surface area contributed by atoms with Crippen molar-refractivity contribution in [3.8, 4) is 11.3 Å². The second-order valence-electron chi connectivity index (χ2n) is 6.69. The van der Waals surface area contributed by atoms with Gasteiger partial charge in [-0.15, -0.1) is 0 Å². The summed E-state index contributed by atoms with van der Waals surface area (Å²) < 4.78 is 5.04. The van der Waals surface area contributed by atoms with Crippen LogP contribution in [0.25, 0.3) is 22.2 Å². The summed E-state index contributed by atoms with van der Waals surface area (Å²) in [5.41, 5.74) is 3.17. The Kier molecular flexibility index (Phi) is 5.97. The molecule has 0 aliphatic carbocycles. The van der Waals surface area contributed by atoms with Gasteiger partial charge in [0.25, 0.3) is 5.91 Å². The first-order chi connectivity index (χ1) is 15.0. The number of esters is 1. The molecule has 1 N–H and O–H groups in total. The highest BCUT2D eigenvalue weighted by Gasteiger charge is 2.19. The first-order valence-corrected chi connectivity index (χ1v) is 10.8. The number of pyridine rings is 1. The summed E-state index contributed by atoms with van der Waals surface area (Å²) in [6, 6.07) is 16.5. The Morgan fingerprint density at radius 1 is 1.10 bits per heavy atom. The maximum absolute atomic E-state index is 13.2. The molecule has 156 valence electrons. The molecule has 0 atom stereocenters. The number of carbonyl (C=O) groups excluding carboxylic acids is 2. The van der Waals surface area contributed by atoms with Crippen LogP contribution in [0, 0.1) is 6.92 Å². The van der Waals surface area contributed by atoms with Crippen molar-refractivity contribution in [1.29, 1.82) is 0 Å². The number of hydrogen-bond donors (Lipinski definition) is 1. The average Bonchev–Trinajstić information content (AvgIpc) is 3.13. The van der Waals surface area contributed by atoms with Crippen molar-refractivity contribution < 1.29 is 14.3 Å². The number of nitrogens with zero attached hydrogens (tertiary/aromatic N) is 2. The third kappa shape index (κ3) is 4.42. The topological polar surface area (TPSA) is 81.2 Å². The number of halogens is 1. The largest absolute Gasteiger partial charge is 0.462 e. The molecule has 2 aromatic heterocycles. The van der Waals surface area contributed by atoms with Crippen LogP contribution in [-0.4, -0.2) is 28.5 Å². The minimum Gasteiger partial charge on any atom is -0.462 e. The Labute approximate surface area is 187 Å². The quantitative estimate of drug-likeness (QED) is 0.391. The van der Waals surface area contributed by atoms with E-state index in [9.17, 15) is 9.59 Å². The van der Waals surface area contributed by atoms with Crippen LogP contribution in [0.1, 0.15) is 32.6 Å². The summed E-state index contributed by atoms with van der Waals surface area (Å²) in [5, 5.41) is 4.48. The van der Waals surface area contributed by atoms with Gasteiger partial charge in [-0.3, -0.25) is 10.1 Å². The molecular weight excluding hydrogens is 434 g/mol. The minimum absolute atomic E-state index is 0.272. The molecule has 31 heavy (non-hydrogen) atoms. The SMILES string of the molecule is CCOC(=O)c1sc(NC(=O)c2cc(-c3ccc(Cl)cc3)nc3ccccc23)nc1C. The molecule has 0 aliphatic rings. The highest BCUT2D eigenvalue weighted by molar-refractivity contribution is 7.17. The van der Waals surface area contributed by atoms with Gasteiger partial charge in [0, 0.05) is 16.0 Å². The highest BCUT2D eigenvalue weighted by atomic mass is 35.5. The highest BCUT2D eigenvalue weighted by Crippen LogP contribution is 2.28. The molecule has 0 aliphatic heterocycles. The number of benzene rings is 2. The van der Waals surface area contributed by atoms with Crippen LogP contribution < -0.4 is 5.32 Å². The molecular formula is C23H18ClN3O3S. The molecule has 4 rings (SSSR count). The Balaban J connectivity index is 1.71. The predicted octanol–water partition coefficient (Wildman–Crippen LogP) is 5.75. The van der Waals surface area contributed by atoms with E-state index in [-0.39, 0.29) is 12.5 Å². The summed E-state index contributed by atoms with van der Waals surface area (Å²) in [6.07, 6.45) is 0. The zero-order valence-corrected chi connectivity index (χ0v) is 18.4. The monoisotopic (exact) mass is 451 g/mol. The van der Waals surface area contributed by atoms with Gasteiger partial charge in [0.15, 0.2) is 5.13 Å². The number of hydrogen-bond acceptors (Lipinski definition) is 6. The molecule has 0 fully saturated rings. The Bertz CT molecular complexity index is 1290. The summed E-state index contributed by atoms with van der Waals surface area (Å²) in [6.45, 7) is 3.72. The molecule has 2 aromatic carbocycles. The zero-order valence-electron chi connectivity index (χ0n) is 16.8. The number of aromatic nitrogens is 2. The molecule has 8 heteroatoms. The second-order valence-corrected chi connectivity index (χ2v) is 8.12. The molecule has 0 unspecified atom stereocenters. The van der Waals surface area contributed by atoms with Crippen LogP contribution in [0.4, 0.5) is 5.13 Å². The average molecular weight is 452 g/mol. The maximum atomic E-state index is 13.2. The third-order valence-corrected chi connectivity index (χ3v) is 5.88. The fraction of sp³-hybridized carbons (Fsp3) is 0.130. The molecule has 0 spiro atoms. The van der Waals surface area contributed by atoms with Crippen LogP contribution in [0.2, 0.25) is 5.02 Å². The van der Waals surface area contributed by atoms with E-state index >= 15 is 0 Å². The van der Waals surface area contributed by atoms with Crippen LogP contribution in [0.3, 0.4) is 0 Å². The Morgan fingerprint density at radius 3 is 2.58 bits per heavy atom. The number of rotatable bonds is 5. The Hall–Kier alpha value is -3.29. The van der Waals surface area contributed by atoms with E-state index in [4.69, 9.17) is 16.3 Å². The van der Waals surface area contributed by atoms with Crippen molar-refractivity contribution >= 4 is 50.8 Å². The first-order valence-electron chi connectivity index (χ1n) is 9.58. The molecule has 6 nitrogen and oxygen atoms in total. The van der Waals surface area contributed by atoms with Crippen molar-refractivity contribution in [2.24, 2.45) is 0 Å². The van der Waals surface area contributed by atoms with Crippen molar-refractivity contribution in [1.82, 2.24) is 9.97 Å². The zero-order chi connectivity index (χ0) is 22.0. The standard InChI is InChI=1S/C23H18ClN3O3S/c1-3-30-22(29)20-13(2)25-23(31-20)27-21(28)17-12-19(14-8-10-15(24)11-9-14)26-18-7-5-4-6-16(17)18/h4-12H,3H2,1-2H3,(H,25,27,28). The lowest BCUT2D eigenvalue weighted by atomic mass is 10.0. The van der Waals surface area contributed by atoms with Gasteiger partial charge in [0.2, 0.25) is 0 Å². The molecule has 0 bridgehead atoms. The maximum Gasteiger partial charge on any atom is 0.350 e. The second kappa shape index (κ2) is 8.83. The van der Waals surface area contributed by atoms with Gasteiger partial charge >= 0.3 is 5.97 Å². The summed E-state index contributed by atoms with van der Waals surface area (Å²) in [4.78, 5) is 34.6. The number of aryl methyl sites for hydroxylation is 1. The van der Waals surface area contributed by atoms with E-state index in [1.165, 1.54) is 0 Å². The molecule has 0 saturated heterocycles. The van der Waals surface area contributed by atoms with E-state index in [1.807, 2.05) is 36.4 Å². The van der Waals surface area contributed by atoms with Crippen LogP contribution in [0.15, 0.2) is 54.6 Å². The number of fused-ring (bicyclic) bond motifs is 1. The number of amides is 1. The van der Waals surface area contributed by atoms with E-state index < -0.39 is 5.97 Å². The van der Waals surface area contributed by atoms with Gasteiger partial charge in [-0.25, -0.2) is 14.8 Å². The molecule has 4 aromatic rings. The molecule has 0 saturated carbocycles. The lowest BCUT2D eigenvalue weighted by Gasteiger charge is -2.10. The van der Waals surface area contributed by atoms with Crippen molar-refractivity contribution in [3.05, 3.63) is 75.8 Å². The number of ether oxygens (including phenoxy) is 1. The van der Waals surface area contributed by atoms with E-state index in [2.05, 4.69) is 15.3 Å². The van der Waals surface area contributed by atoms with Gasteiger partial charge < -0.3 is 4.74 Å². The fourth-order valence-corrected chi connectivity index (χ4v) is 4.11. The van der Waals surface area contributed by atoms with Crippen molar-refractivity contribution in [3.63, 3.8) is 0 Å². The van der Waals surface area contributed by atoms with Gasteiger partial charge in [-0.05, 0) is 38.1 Å². The van der Waals surface area contributed by atoms with Gasteiger partial charge in [0.05, 0.1) is 29.1 Å². The lowest BCUT2D eigenvalue weighted by Crippen LogP contribution is -2.13. The van der Waals surface area contributed by atoms with Crippen LogP contribution in [-0.2, 0) is 4.74 Å². The number of carbonyl (C=O) groups is 2. The predicted molar refractivity (Wildman–Crippen MR) is 123 cm³/mol. The van der Waals surface area contributed by atoms with E-state index in [0.717, 1.165) is 22.3 Å². The van der Waals surface area contributed by atoms with Crippen molar-refractivity contribution in [2.45, 2.75) is 13.8 Å². The summed E-state index contributed by atoms with van der Waals surface area (Å²) in [5.74, 6) is -0.782. The number of para-hydroxylation sites is 1. The van der Waals surface area contributed by atoms with Gasteiger partial charge in [0.1, 0.15) is 4.88 Å². The molecule has 2 heterocycles. The van der Waals surface area contributed by atoms with Crippen molar-refractivity contribution in [2.75, 3.05) is 11.9 Å². The fourth-order valence-electron chi connectivity index (χ4n) is 3.13. The molecule has 0 radical (unpaired) electrons. The number of thiazole rings is 1. The van der Waals surface area contributed by atoms with E-state index in [0.29, 0.717) is 37.5 Å². The Morgan fingerprint density at radius 2 is 1.84 bits per heavy atom. The molecule has 1 amide bonds. The number of anilines is 1. The first kappa shape index (κ1) is 21.0. The normalized spacial score (nSPS) is 10.8. The summed E-state index contributed by atoms with van der Waals surface area (Å²) in [7, 11) is 0. The van der Waals surface area contributed by atoms with Gasteiger partial charge in [-0.2, -0.15) is 0 Å². The van der Waals surface area contributed by atoms with Crippen LogP contribution >= 0.6 is 22.9 Å². The van der Waals surface area contributed by atoms with Gasteiger partial charge in [-0.1, -0.05) is 53.3 Å². The third-order valence-electron chi connectivity index (χ3n) is 4.58. The smallest absolute Gasteiger partial charge is 0.350 e. The van der Waals surface area contributed by atoms with Crippen LogP contribution in [0.5, 0.6) is 0 Å².